The normalized spacial score (nSPS) is 9.38. The van der Waals surface area contributed by atoms with E-state index in [4.69, 9.17) is 0 Å². The van der Waals surface area contributed by atoms with Crippen LogP contribution in [0.3, 0.4) is 0 Å². The molecule has 2 nitrogen and oxygen atoms in total. The zero-order chi connectivity index (χ0) is 25.7. The van der Waals surface area contributed by atoms with Gasteiger partial charge in [0.05, 0.1) is 11.4 Å². The molecule has 0 fully saturated rings. The summed E-state index contributed by atoms with van der Waals surface area (Å²) in [5, 5.41) is 5.29. The van der Waals surface area contributed by atoms with Gasteiger partial charge in [0.25, 0.3) is 0 Å². The van der Waals surface area contributed by atoms with Crippen LogP contribution in [0.2, 0.25) is 0 Å². The van der Waals surface area contributed by atoms with E-state index in [1.807, 2.05) is 36.7 Å². The molecule has 0 aliphatic heterocycles. The van der Waals surface area contributed by atoms with Crippen LogP contribution in [-0.2, 0) is 23.3 Å². The first-order valence-electron chi connectivity index (χ1n) is 11.9. The van der Waals surface area contributed by atoms with Gasteiger partial charge in [0.2, 0.25) is 0 Å². The average Bonchev–Trinajstić information content (AvgIpc) is 3.50. The van der Waals surface area contributed by atoms with Crippen molar-refractivity contribution < 1.29 is 23.3 Å². The van der Waals surface area contributed by atoms with E-state index in [1.54, 1.807) is 0 Å². The van der Waals surface area contributed by atoms with Crippen LogP contribution >= 0.6 is 24.8 Å². The zero-order valence-electron chi connectivity index (χ0n) is 23.9. The SMILES string of the molecule is Cc1cc2c(-c3ccccn3)ccc(C)c2[cH-]1.Cc1cc2c(-c3ccccn3)ccc(C)c2[cH-]1.Cl.Cl.[CH3-].[CH3-].[Si]=[Zr]. The molecule has 208 valence electrons. The number of hydrogen-bond acceptors (Lipinski definition) is 2. The second kappa shape index (κ2) is 17.5. The van der Waals surface area contributed by atoms with Gasteiger partial charge < -0.3 is 14.9 Å². The minimum atomic E-state index is 0. The molecule has 2 radical (unpaired) electrons. The van der Waals surface area contributed by atoms with Crippen molar-refractivity contribution in [3.05, 3.63) is 134 Å². The zero-order valence-corrected chi connectivity index (χ0v) is 29.0. The van der Waals surface area contributed by atoms with Gasteiger partial charge in [-0.2, -0.15) is 12.1 Å². The molecule has 4 aromatic carbocycles. The van der Waals surface area contributed by atoms with E-state index in [1.165, 1.54) is 78.3 Å². The molecule has 0 bridgehead atoms. The molecule has 6 aromatic rings. The molecule has 2 aromatic heterocycles. The summed E-state index contributed by atoms with van der Waals surface area (Å²) in [5.41, 5.74) is 9.81. The number of hydrogen-bond donors (Lipinski definition) is 0. The van der Waals surface area contributed by atoms with Gasteiger partial charge in [-0.25, -0.2) is 0 Å². The molecule has 0 N–H and O–H groups in total. The van der Waals surface area contributed by atoms with Gasteiger partial charge in [-0.1, -0.05) is 52.0 Å². The van der Waals surface area contributed by atoms with Gasteiger partial charge in [0.1, 0.15) is 0 Å². The van der Waals surface area contributed by atoms with Gasteiger partial charge in [-0.05, 0) is 35.4 Å². The van der Waals surface area contributed by atoms with E-state index in [2.05, 4.69) is 105 Å². The van der Waals surface area contributed by atoms with E-state index < -0.39 is 0 Å². The first-order valence-corrected chi connectivity index (χ1v) is 16.1. The van der Waals surface area contributed by atoms with E-state index in [-0.39, 0.29) is 39.7 Å². The summed E-state index contributed by atoms with van der Waals surface area (Å²) in [5.74, 6) is 0. The Bertz CT molecular complexity index is 1490. The third kappa shape index (κ3) is 8.33. The van der Waals surface area contributed by atoms with E-state index in [0.717, 1.165) is 11.4 Å². The molecule has 0 aliphatic rings. The predicted octanol–water partition coefficient (Wildman–Crippen LogP) is 9.84. The van der Waals surface area contributed by atoms with Gasteiger partial charge >= 0.3 is 30.2 Å². The maximum atomic E-state index is 4.44. The molecule has 2 heterocycles. The molecule has 6 heteroatoms. The fourth-order valence-electron chi connectivity index (χ4n) is 4.67. The van der Waals surface area contributed by atoms with Gasteiger partial charge in [0, 0.05) is 12.4 Å². The third-order valence-corrected chi connectivity index (χ3v) is 6.38. The predicted molar refractivity (Wildman–Crippen MR) is 178 cm³/mol. The number of rotatable bonds is 2. The number of halogens is 2. The molecule has 0 unspecified atom stereocenters. The molecule has 40 heavy (non-hydrogen) atoms. The van der Waals surface area contributed by atoms with Crippen LogP contribution < -0.4 is 0 Å². The van der Waals surface area contributed by atoms with E-state index in [9.17, 15) is 0 Å². The molecule has 0 atom stereocenters. The molecular weight excluding hydrogens is 627 g/mol. The molecule has 0 saturated carbocycles. The second-order valence-electron chi connectivity index (χ2n) is 9.01. The van der Waals surface area contributed by atoms with Crippen molar-refractivity contribution in [2.75, 3.05) is 0 Å². The van der Waals surface area contributed by atoms with Crippen LogP contribution in [0.15, 0.2) is 97.3 Å². The van der Waals surface area contributed by atoms with Crippen molar-refractivity contribution in [1.29, 1.82) is 0 Å². The number of benzene rings is 2. The topological polar surface area (TPSA) is 25.8 Å². The first kappa shape index (κ1) is 37.6. The van der Waals surface area contributed by atoms with Crippen LogP contribution in [0.4, 0.5) is 0 Å². The fourth-order valence-corrected chi connectivity index (χ4v) is 4.67. The number of nitrogens with zero attached hydrogens (tertiary/aromatic N) is 2. The number of fused-ring (bicyclic) bond motifs is 2. The van der Waals surface area contributed by atoms with Crippen LogP contribution in [0.5, 0.6) is 0 Å². The van der Waals surface area contributed by atoms with Crippen molar-refractivity contribution in [2.45, 2.75) is 27.7 Å². The summed E-state index contributed by atoms with van der Waals surface area (Å²) < 4.78 is 0. The molecule has 0 aliphatic carbocycles. The molecule has 0 amide bonds. The summed E-state index contributed by atoms with van der Waals surface area (Å²) >= 11 is 1.36. The van der Waals surface area contributed by atoms with Crippen LogP contribution in [0, 0.1) is 42.5 Å². The Kier molecular flexibility index (Phi) is 16.4. The van der Waals surface area contributed by atoms with Crippen molar-refractivity contribution >= 4 is 53.2 Å². The second-order valence-corrected chi connectivity index (χ2v) is 9.01. The summed E-state index contributed by atoms with van der Waals surface area (Å²) in [6.07, 6.45) is 3.69. The van der Waals surface area contributed by atoms with Crippen molar-refractivity contribution in [3.63, 3.8) is 0 Å². The molecule has 0 spiro atoms. The third-order valence-electron chi connectivity index (χ3n) is 6.38. The molecular formula is C34H36Cl2N2SiZr-4. The van der Waals surface area contributed by atoms with Gasteiger partial charge in [-0.3, -0.25) is 9.97 Å². The number of pyridine rings is 2. The summed E-state index contributed by atoms with van der Waals surface area (Å²) in [4.78, 5) is 8.88. The Morgan fingerprint density at radius 1 is 0.575 bits per heavy atom. The van der Waals surface area contributed by atoms with Crippen LogP contribution in [0.25, 0.3) is 44.1 Å². The van der Waals surface area contributed by atoms with E-state index in [0.29, 0.717) is 0 Å². The molecule has 0 saturated heterocycles. The summed E-state index contributed by atoms with van der Waals surface area (Å²) in [7, 11) is 0. The van der Waals surface area contributed by atoms with Crippen molar-refractivity contribution in [1.82, 2.24) is 9.97 Å². The van der Waals surface area contributed by atoms with Gasteiger partial charge in [-0.15, -0.1) is 92.9 Å². The standard InChI is InChI=1S/2C16H14N.2CH3.2ClH.Si.Zr/c2*1-11-9-14-12(2)6-7-13(15(14)10-11)16-5-3-4-8-17-16;;;;;;/h2*3-10H,1-2H3;2*1H3;2*1H;;/q4*-1;;;;. The maximum absolute atomic E-state index is 4.44. The van der Waals surface area contributed by atoms with Gasteiger partial charge in [0.15, 0.2) is 0 Å². The summed E-state index contributed by atoms with van der Waals surface area (Å²) in [6.45, 7) is 11.7. The average molecular weight is 663 g/mol. The summed E-state index contributed by atoms with van der Waals surface area (Å²) in [6, 6.07) is 29.7. The van der Waals surface area contributed by atoms with Crippen LogP contribution in [0.1, 0.15) is 22.3 Å². The number of aryl methyl sites for hydroxylation is 4. The van der Waals surface area contributed by atoms with Crippen molar-refractivity contribution in [2.24, 2.45) is 0 Å². The Labute approximate surface area is 269 Å². The quantitative estimate of drug-likeness (QED) is 0.136. The van der Waals surface area contributed by atoms with Crippen molar-refractivity contribution in [3.8, 4) is 22.5 Å². The Balaban J connectivity index is 0.000000655. The number of aromatic nitrogens is 2. The first-order chi connectivity index (χ1) is 17.5. The van der Waals surface area contributed by atoms with E-state index >= 15 is 0 Å². The monoisotopic (exact) mass is 660 g/mol. The Hall–Kier alpha value is -2.36. The fraction of sp³-hybridized carbons (Fsp3) is 0.118. The van der Waals surface area contributed by atoms with Crippen LogP contribution in [-0.4, -0.2) is 16.8 Å². The minimum absolute atomic E-state index is 0. The molecule has 6 rings (SSSR count). The Morgan fingerprint density at radius 2 is 0.950 bits per heavy atom. The Morgan fingerprint density at radius 3 is 1.27 bits per heavy atom.